The van der Waals surface area contributed by atoms with Crippen molar-refractivity contribution in [3.63, 3.8) is 0 Å². The standard InChI is InChI=1S/C17H12ClNO3/c18-13-5-1-12(2-6-13)16(20)10-22-14-7-3-11-4-8-17(21)19-15(11)9-14/h1-9H,10H2,(H,19,21). The van der Waals surface area contributed by atoms with Crippen LogP contribution in [-0.2, 0) is 0 Å². The van der Waals surface area contributed by atoms with Gasteiger partial charge in [-0.2, -0.15) is 0 Å². The molecule has 0 aliphatic heterocycles. The monoisotopic (exact) mass is 313 g/mol. The third-order valence-corrected chi connectivity index (χ3v) is 3.48. The second-order valence-corrected chi connectivity index (χ2v) is 5.23. The van der Waals surface area contributed by atoms with Crippen LogP contribution in [0.1, 0.15) is 10.4 Å². The fourth-order valence-electron chi connectivity index (χ4n) is 2.09. The molecule has 3 aromatic rings. The number of pyridine rings is 1. The summed E-state index contributed by atoms with van der Waals surface area (Å²) in [5, 5.41) is 1.48. The molecule has 22 heavy (non-hydrogen) atoms. The number of rotatable bonds is 4. The zero-order chi connectivity index (χ0) is 15.5. The number of fused-ring (bicyclic) bond motifs is 1. The van der Waals surface area contributed by atoms with Crippen molar-refractivity contribution in [3.8, 4) is 5.75 Å². The molecule has 0 amide bonds. The van der Waals surface area contributed by atoms with Crippen LogP contribution in [0, 0.1) is 0 Å². The van der Waals surface area contributed by atoms with E-state index in [0.717, 1.165) is 5.39 Å². The number of benzene rings is 2. The molecule has 1 aromatic heterocycles. The minimum Gasteiger partial charge on any atom is -0.485 e. The van der Waals surface area contributed by atoms with Crippen LogP contribution < -0.4 is 10.3 Å². The molecule has 0 atom stereocenters. The molecule has 0 spiro atoms. The number of aromatic nitrogens is 1. The van der Waals surface area contributed by atoms with Crippen molar-refractivity contribution in [1.29, 1.82) is 0 Å². The van der Waals surface area contributed by atoms with Crippen molar-refractivity contribution >= 4 is 28.3 Å². The first-order valence-corrected chi connectivity index (χ1v) is 7.04. The maximum Gasteiger partial charge on any atom is 0.248 e. The first kappa shape index (κ1) is 14.4. The Kier molecular flexibility index (Phi) is 3.94. The number of ether oxygens (including phenoxy) is 1. The summed E-state index contributed by atoms with van der Waals surface area (Å²) in [5.74, 6) is 0.384. The number of carbonyl (C=O) groups excluding carboxylic acids is 1. The van der Waals surface area contributed by atoms with Crippen molar-refractivity contribution < 1.29 is 9.53 Å². The van der Waals surface area contributed by atoms with Gasteiger partial charge in [0, 0.05) is 22.7 Å². The zero-order valence-electron chi connectivity index (χ0n) is 11.5. The summed E-state index contributed by atoms with van der Waals surface area (Å²) in [5.41, 5.74) is 1.03. The third kappa shape index (κ3) is 3.18. The van der Waals surface area contributed by atoms with E-state index in [0.29, 0.717) is 21.9 Å². The Balaban J connectivity index is 1.74. The summed E-state index contributed by atoms with van der Waals surface area (Å²) in [6, 6.07) is 15.1. The topological polar surface area (TPSA) is 59.2 Å². The molecule has 0 saturated heterocycles. The highest BCUT2D eigenvalue weighted by atomic mass is 35.5. The maximum absolute atomic E-state index is 12.0. The van der Waals surface area contributed by atoms with Gasteiger partial charge in [0.1, 0.15) is 5.75 Å². The lowest BCUT2D eigenvalue weighted by atomic mass is 10.1. The molecule has 2 aromatic carbocycles. The number of ketones is 1. The molecular formula is C17H12ClNO3. The average Bonchev–Trinajstić information content (AvgIpc) is 2.53. The van der Waals surface area contributed by atoms with Crippen LogP contribution in [0.4, 0.5) is 0 Å². The second kappa shape index (κ2) is 6.03. The number of carbonyl (C=O) groups is 1. The van der Waals surface area contributed by atoms with Gasteiger partial charge in [-0.3, -0.25) is 9.59 Å². The maximum atomic E-state index is 12.0. The Morgan fingerprint density at radius 2 is 1.77 bits per heavy atom. The molecule has 0 bridgehead atoms. The number of hydrogen-bond acceptors (Lipinski definition) is 3. The number of nitrogens with one attached hydrogen (secondary N) is 1. The number of halogens is 1. The minimum atomic E-state index is -0.179. The lowest BCUT2D eigenvalue weighted by molar-refractivity contribution is 0.0921. The fraction of sp³-hybridized carbons (Fsp3) is 0.0588. The molecule has 5 heteroatoms. The van der Waals surface area contributed by atoms with Gasteiger partial charge in [0.15, 0.2) is 12.4 Å². The highest BCUT2D eigenvalue weighted by Gasteiger charge is 2.07. The van der Waals surface area contributed by atoms with Crippen LogP contribution in [0.15, 0.2) is 59.4 Å². The molecule has 1 heterocycles. The molecule has 0 saturated carbocycles. The Hall–Kier alpha value is -2.59. The number of hydrogen-bond donors (Lipinski definition) is 1. The van der Waals surface area contributed by atoms with Crippen LogP contribution >= 0.6 is 11.6 Å². The summed E-state index contributed by atoms with van der Waals surface area (Å²) >= 11 is 5.79. The zero-order valence-corrected chi connectivity index (χ0v) is 12.3. The quantitative estimate of drug-likeness (QED) is 0.751. The van der Waals surface area contributed by atoms with Crippen molar-refractivity contribution in [3.05, 3.63) is 75.5 Å². The molecule has 0 radical (unpaired) electrons. The van der Waals surface area contributed by atoms with Crippen LogP contribution in [0.25, 0.3) is 10.9 Å². The van der Waals surface area contributed by atoms with Gasteiger partial charge < -0.3 is 9.72 Å². The van der Waals surface area contributed by atoms with E-state index < -0.39 is 0 Å². The minimum absolute atomic E-state index is 0.0792. The van der Waals surface area contributed by atoms with Gasteiger partial charge in [-0.05, 0) is 47.9 Å². The molecule has 4 nitrogen and oxygen atoms in total. The SMILES string of the molecule is O=C(COc1ccc2ccc(=O)[nH]c2c1)c1ccc(Cl)cc1. The summed E-state index contributed by atoms with van der Waals surface area (Å²) < 4.78 is 5.50. The average molecular weight is 314 g/mol. The van der Waals surface area contributed by atoms with Crippen LogP contribution in [0.2, 0.25) is 5.02 Å². The van der Waals surface area contributed by atoms with E-state index in [-0.39, 0.29) is 17.9 Å². The molecule has 1 N–H and O–H groups in total. The van der Waals surface area contributed by atoms with Crippen LogP contribution in [0.3, 0.4) is 0 Å². The second-order valence-electron chi connectivity index (χ2n) is 4.79. The van der Waals surface area contributed by atoms with Gasteiger partial charge in [0.05, 0.1) is 5.52 Å². The van der Waals surface area contributed by atoms with Gasteiger partial charge in [0.25, 0.3) is 0 Å². The molecule has 0 aliphatic rings. The smallest absolute Gasteiger partial charge is 0.248 e. The van der Waals surface area contributed by atoms with Crippen molar-refractivity contribution in [2.24, 2.45) is 0 Å². The summed E-state index contributed by atoms with van der Waals surface area (Å²) in [6.45, 7) is -0.0792. The van der Waals surface area contributed by atoms with Crippen LogP contribution in [-0.4, -0.2) is 17.4 Å². The molecule has 0 aliphatic carbocycles. The predicted octanol–water partition coefficient (Wildman–Crippen LogP) is 3.44. The summed E-state index contributed by atoms with van der Waals surface area (Å²) in [4.78, 5) is 26.1. The van der Waals surface area contributed by atoms with Crippen molar-refractivity contribution in [1.82, 2.24) is 4.98 Å². The summed E-state index contributed by atoms with van der Waals surface area (Å²) in [7, 11) is 0. The van der Waals surface area contributed by atoms with E-state index in [4.69, 9.17) is 16.3 Å². The molecular weight excluding hydrogens is 302 g/mol. The highest BCUT2D eigenvalue weighted by Crippen LogP contribution is 2.18. The molecule has 0 fully saturated rings. The third-order valence-electron chi connectivity index (χ3n) is 3.23. The van der Waals surface area contributed by atoms with E-state index in [2.05, 4.69) is 4.98 Å². The van der Waals surface area contributed by atoms with Gasteiger partial charge in [-0.15, -0.1) is 0 Å². The van der Waals surface area contributed by atoms with Gasteiger partial charge >= 0.3 is 0 Å². The number of Topliss-reactive ketones (excluding diaryl/α,β-unsaturated/α-hetero) is 1. The Morgan fingerprint density at radius 1 is 1.05 bits per heavy atom. The lowest BCUT2D eigenvalue weighted by Crippen LogP contribution is -2.11. The van der Waals surface area contributed by atoms with E-state index in [1.54, 1.807) is 42.5 Å². The van der Waals surface area contributed by atoms with Gasteiger partial charge in [-0.25, -0.2) is 0 Å². The van der Waals surface area contributed by atoms with Gasteiger partial charge in [0.2, 0.25) is 5.56 Å². The van der Waals surface area contributed by atoms with Crippen molar-refractivity contribution in [2.45, 2.75) is 0 Å². The van der Waals surface area contributed by atoms with Gasteiger partial charge in [-0.1, -0.05) is 11.6 Å². The Bertz CT molecular complexity index is 884. The fourth-order valence-corrected chi connectivity index (χ4v) is 2.21. The molecule has 110 valence electrons. The number of H-pyrrole nitrogens is 1. The van der Waals surface area contributed by atoms with E-state index in [9.17, 15) is 9.59 Å². The van der Waals surface area contributed by atoms with E-state index >= 15 is 0 Å². The Morgan fingerprint density at radius 3 is 2.55 bits per heavy atom. The normalized spacial score (nSPS) is 10.6. The van der Waals surface area contributed by atoms with Crippen molar-refractivity contribution in [2.75, 3.05) is 6.61 Å². The van der Waals surface area contributed by atoms with Crippen LogP contribution in [0.5, 0.6) is 5.75 Å². The first-order chi connectivity index (χ1) is 10.6. The lowest BCUT2D eigenvalue weighted by Gasteiger charge is -2.07. The van der Waals surface area contributed by atoms with E-state index in [1.807, 2.05) is 6.07 Å². The molecule has 3 rings (SSSR count). The predicted molar refractivity (Wildman–Crippen MR) is 85.8 cm³/mol. The Labute approximate surface area is 131 Å². The summed E-state index contributed by atoms with van der Waals surface area (Å²) in [6.07, 6.45) is 0. The molecule has 0 unspecified atom stereocenters. The van der Waals surface area contributed by atoms with E-state index in [1.165, 1.54) is 6.07 Å². The number of aromatic amines is 1. The largest absolute Gasteiger partial charge is 0.485 e. The first-order valence-electron chi connectivity index (χ1n) is 6.66. The highest BCUT2D eigenvalue weighted by molar-refractivity contribution is 6.30.